The number of anilines is 1. The van der Waals surface area contributed by atoms with Crippen LogP contribution in [0.2, 0.25) is 5.02 Å². The van der Waals surface area contributed by atoms with Crippen LogP contribution in [0.4, 0.5) is 5.82 Å². The number of benzene rings is 1. The molecule has 2 aromatic heterocycles. The molecule has 0 unspecified atom stereocenters. The van der Waals surface area contributed by atoms with E-state index in [1.807, 2.05) is 30.5 Å². The Morgan fingerprint density at radius 1 is 1.04 bits per heavy atom. The van der Waals surface area contributed by atoms with Gasteiger partial charge in [-0.05, 0) is 36.4 Å². The molecule has 4 nitrogen and oxygen atoms in total. The third-order valence-corrected chi connectivity index (χ3v) is 5.25. The van der Waals surface area contributed by atoms with Crippen LogP contribution in [-0.2, 0) is 6.54 Å². The van der Waals surface area contributed by atoms with Crippen LogP contribution in [0.25, 0.3) is 10.9 Å². The van der Waals surface area contributed by atoms with Crippen molar-refractivity contribution in [3.63, 3.8) is 0 Å². The molecular formula is C19H18BrClN4. The van der Waals surface area contributed by atoms with Crippen molar-refractivity contribution in [3.8, 4) is 0 Å². The molecule has 1 saturated heterocycles. The van der Waals surface area contributed by atoms with Gasteiger partial charge in [-0.3, -0.25) is 9.88 Å². The fraction of sp³-hybridized carbons (Fsp3) is 0.263. The second kappa shape index (κ2) is 7.28. The summed E-state index contributed by atoms with van der Waals surface area (Å²) in [7, 11) is 0. The van der Waals surface area contributed by atoms with Gasteiger partial charge in [-0.25, -0.2) is 4.98 Å². The Balaban J connectivity index is 1.46. The van der Waals surface area contributed by atoms with E-state index in [0.29, 0.717) is 5.02 Å². The molecule has 6 heteroatoms. The highest BCUT2D eigenvalue weighted by Crippen LogP contribution is 2.29. The number of halogens is 2. The van der Waals surface area contributed by atoms with Gasteiger partial charge in [-0.2, -0.15) is 0 Å². The van der Waals surface area contributed by atoms with Crippen molar-refractivity contribution in [3.05, 3.63) is 63.9 Å². The van der Waals surface area contributed by atoms with Gasteiger partial charge in [-0.1, -0.05) is 33.6 Å². The Hall–Kier alpha value is -1.69. The smallest absolute Gasteiger partial charge is 0.129 e. The van der Waals surface area contributed by atoms with Gasteiger partial charge in [0.25, 0.3) is 0 Å². The molecule has 1 aromatic carbocycles. The zero-order valence-electron chi connectivity index (χ0n) is 13.7. The summed E-state index contributed by atoms with van der Waals surface area (Å²) < 4.78 is 0.975. The van der Waals surface area contributed by atoms with Crippen LogP contribution < -0.4 is 4.90 Å². The molecule has 0 amide bonds. The predicted molar refractivity (Wildman–Crippen MR) is 106 cm³/mol. The summed E-state index contributed by atoms with van der Waals surface area (Å²) in [5, 5.41) is 1.73. The van der Waals surface area contributed by atoms with Crippen LogP contribution in [0.3, 0.4) is 0 Å². The number of hydrogen-bond donors (Lipinski definition) is 0. The molecule has 0 atom stereocenters. The van der Waals surface area contributed by atoms with Crippen LogP contribution >= 0.6 is 27.5 Å². The van der Waals surface area contributed by atoms with Gasteiger partial charge in [0.1, 0.15) is 5.82 Å². The van der Waals surface area contributed by atoms with Gasteiger partial charge < -0.3 is 4.90 Å². The van der Waals surface area contributed by atoms with Gasteiger partial charge in [0.05, 0.1) is 16.2 Å². The summed E-state index contributed by atoms with van der Waals surface area (Å²) >= 11 is 9.84. The molecule has 0 bridgehead atoms. The average molecular weight is 418 g/mol. The predicted octanol–water partition coefficient (Wildman–Crippen LogP) is 4.37. The van der Waals surface area contributed by atoms with Crippen LogP contribution in [0.1, 0.15) is 5.69 Å². The topological polar surface area (TPSA) is 32.3 Å². The second-order valence-electron chi connectivity index (χ2n) is 6.21. The van der Waals surface area contributed by atoms with Crippen molar-refractivity contribution < 1.29 is 0 Å². The first-order valence-electron chi connectivity index (χ1n) is 8.32. The van der Waals surface area contributed by atoms with Gasteiger partial charge in [0.15, 0.2) is 0 Å². The Bertz CT molecular complexity index is 879. The second-order valence-corrected chi connectivity index (χ2v) is 7.54. The summed E-state index contributed by atoms with van der Waals surface area (Å²) in [4.78, 5) is 14.0. The lowest BCUT2D eigenvalue weighted by Crippen LogP contribution is -2.46. The maximum absolute atomic E-state index is 6.36. The maximum Gasteiger partial charge on any atom is 0.129 e. The number of piperazine rings is 1. The van der Waals surface area contributed by atoms with E-state index < -0.39 is 0 Å². The molecule has 0 radical (unpaired) electrons. The van der Waals surface area contributed by atoms with E-state index in [1.165, 1.54) is 0 Å². The number of aromatic nitrogens is 2. The molecular weight excluding hydrogens is 400 g/mol. The van der Waals surface area contributed by atoms with Crippen LogP contribution in [0, 0.1) is 0 Å². The summed E-state index contributed by atoms with van der Waals surface area (Å²) in [6, 6.07) is 14.2. The van der Waals surface area contributed by atoms with E-state index in [4.69, 9.17) is 16.6 Å². The molecule has 0 saturated carbocycles. The average Bonchev–Trinajstić information content (AvgIpc) is 2.63. The SMILES string of the molecule is Clc1cc(Br)cc2ccc(N3CCN(Cc4ccccn4)CC3)nc12. The molecule has 1 aliphatic rings. The highest BCUT2D eigenvalue weighted by molar-refractivity contribution is 9.10. The summed E-state index contributed by atoms with van der Waals surface area (Å²) in [5.41, 5.74) is 1.98. The zero-order chi connectivity index (χ0) is 17.2. The minimum Gasteiger partial charge on any atom is -0.354 e. The molecule has 4 rings (SSSR count). The van der Waals surface area contributed by atoms with Gasteiger partial charge in [0, 0.05) is 48.8 Å². The minimum atomic E-state index is 0.681. The molecule has 1 fully saturated rings. The first-order chi connectivity index (χ1) is 12.2. The molecule has 0 N–H and O–H groups in total. The van der Waals surface area contributed by atoms with E-state index in [2.05, 4.69) is 48.9 Å². The van der Waals surface area contributed by atoms with Gasteiger partial charge >= 0.3 is 0 Å². The maximum atomic E-state index is 6.36. The standard InChI is InChI=1S/C19H18BrClN4/c20-15-11-14-4-5-18(23-19(14)17(21)12-15)25-9-7-24(8-10-25)13-16-3-1-2-6-22-16/h1-6,11-12H,7-10,13H2. The molecule has 0 spiro atoms. The van der Waals surface area contributed by atoms with Crippen molar-refractivity contribution in [2.24, 2.45) is 0 Å². The third kappa shape index (κ3) is 3.78. The van der Waals surface area contributed by atoms with E-state index in [0.717, 1.165) is 59.6 Å². The fourth-order valence-corrected chi connectivity index (χ4v) is 4.06. The van der Waals surface area contributed by atoms with Crippen LogP contribution in [0.15, 0.2) is 53.1 Å². The summed E-state index contributed by atoms with van der Waals surface area (Å²) in [5.74, 6) is 0.995. The van der Waals surface area contributed by atoms with Gasteiger partial charge in [-0.15, -0.1) is 0 Å². The highest BCUT2D eigenvalue weighted by Gasteiger charge is 2.19. The lowest BCUT2D eigenvalue weighted by molar-refractivity contribution is 0.246. The minimum absolute atomic E-state index is 0.681. The first-order valence-corrected chi connectivity index (χ1v) is 9.49. The van der Waals surface area contributed by atoms with Gasteiger partial charge in [0.2, 0.25) is 0 Å². The molecule has 3 heterocycles. The molecule has 128 valence electrons. The van der Waals surface area contributed by atoms with Crippen molar-refractivity contribution in [1.82, 2.24) is 14.9 Å². The number of fused-ring (bicyclic) bond motifs is 1. The normalized spacial score (nSPS) is 15.7. The number of rotatable bonds is 3. The number of nitrogens with zero attached hydrogens (tertiary/aromatic N) is 4. The van der Waals surface area contributed by atoms with Crippen molar-refractivity contribution in [1.29, 1.82) is 0 Å². The van der Waals surface area contributed by atoms with E-state index >= 15 is 0 Å². The Morgan fingerprint density at radius 2 is 1.88 bits per heavy atom. The third-order valence-electron chi connectivity index (χ3n) is 4.50. The zero-order valence-corrected chi connectivity index (χ0v) is 16.0. The molecule has 25 heavy (non-hydrogen) atoms. The lowest BCUT2D eigenvalue weighted by atomic mass is 10.2. The van der Waals surface area contributed by atoms with Crippen molar-refractivity contribution in [2.45, 2.75) is 6.54 Å². The Kier molecular flexibility index (Phi) is 4.88. The Labute approximate surface area is 160 Å². The van der Waals surface area contributed by atoms with E-state index in [1.54, 1.807) is 0 Å². The highest BCUT2D eigenvalue weighted by atomic mass is 79.9. The lowest BCUT2D eigenvalue weighted by Gasteiger charge is -2.35. The van der Waals surface area contributed by atoms with Crippen LogP contribution in [-0.4, -0.2) is 41.0 Å². The number of pyridine rings is 2. The van der Waals surface area contributed by atoms with Crippen LogP contribution in [0.5, 0.6) is 0 Å². The number of hydrogen-bond acceptors (Lipinski definition) is 4. The quantitative estimate of drug-likeness (QED) is 0.633. The molecule has 1 aliphatic heterocycles. The first kappa shape index (κ1) is 16.8. The largest absolute Gasteiger partial charge is 0.354 e. The van der Waals surface area contributed by atoms with E-state index in [-0.39, 0.29) is 0 Å². The summed E-state index contributed by atoms with van der Waals surface area (Å²) in [6.07, 6.45) is 1.85. The molecule has 3 aromatic rings. The monoisotopic (exact) mass is 416 g/mol. The van der Waals surface area contributed by atoms with Crippen molar-refractivity contribution in [2.75, 3.05) is 31.1 Å². The fourth-order valence-electron chi connectivity index (χ4n) is 3.18. The molecule has 0 aliphatic carbocycles. The van der Waals surface area contributed by atoms with Crippen molar-refractivity contribution >= 4 is 44.3 Å². The Morgan fingerprint density at radius 3 is 2.64 bits per heavy atom. The summed E-state index contributed by atoms with van der Waals surface area (Å²) in [6.45, 7) is 4.83. The van der Waals surface area contributed by atoms with E-state index in [9.17, 15) is 0 Å².